The van der Waals surface area contributed by atoms with Gasteiger partial charge in [-0.05, 0) is 42.0 Å². The molecule has 1 aromatic heterocycles. The highest BCUT2D eigenvalue weighted by Gasteiger charge is 2.27. The molecule has 3 amide bonds. The predicted molar refractivity (Wildman–Crippen MR) is 133 cm³/mol. The van der Waals surface area contributed by atoms with E-state index in [1.807, 2.05) is 43.4 Å². The number of anilines is 1. The first-order valence-electron chi connectivity index (χ1n) is 11.5. The Bertz CT molecular complexity index is 1250. The largest absolute Gasteiger partial charge is 0.367 e. The third-order valence-corrected chi connectivity index (χ3v) is 6.24. The smallest absolute Gasteiger partial charge is 0.272 e. The van der Waals surface area contributed by atoms with E-state index in [-0.39, 0.29) is 17.7 Å². The fourth-order valence-electron chi connectivity index (χ4n) is 4.25. The van der Waals surface area contributed by atoms with Gasteiger partial charge in [-0.15, -0.1) is 0 Å². The molecule has 4 rings (SSSR count). The van der Waals surface area contributed by atoms with E-state index in [0.29, 0.717) is 29.9 Å². The van der Waals surface area contributed by atoms with Crippen molar-refractivity contribution < 1.29 is 14.4 Å². The van der Waals surface area contributed by atoms with E-state index in [1.54, 1.807) is 42.9 Å². The average molecular weight is 475 g/mol. The van der Waals surface area contributed by atoms with Gasteiger partial charge in [-0.25, -0.2) is 0 Å². The Balaban J connectivity index is 1.46. The first kappa shape index (κ1) is 24.0. The van der Waals surface area contributed by atoms with Crippen molar-refractivity contribution in [3.8, 4) is 0 Å². The van der Waals surface area contributed by atoms with Gasteiger partial charge in [-0.3, -0.25) is 19.1 Å². The Morgan fingerprint density at radius 2 is 1.63 bits per heavy atom. The molecule has 9 heteroatoms. The number of nitrogens with one attached hydrogen (secondary N) is 2. The van der Waals surface area contributed by atoms with Crippen molar-refractivity contribution in [3.63, 3.8) is 0 Å². The van der Waals surface area contributed by atoms with Crippen LogP contribution >= 0.6 is 0 Å². The molecule has 35 heavy (non-hydrogen) atoms. The topological polar surface area (TPSA) is 99.6 Å². The summed E-state index contributed by atoms with van der Waals surface area (Å²) in [6, 6.07) is 14.7. The number of carbonyl (C=O) groups excluding carboxylic acids is 3. The van der Waals surface area contributed by atoms with Gasteiger partial charge in [0, 0.05) is 82.3 Å². The molecule has 1 aliphatic heterocycles. The maximum Gasteiger partial charge on any atom is 0.272 e. The Labute approximate surface area is 204 Å². The SMILES string of the molecule is CNC(=O)c1ccc(CNC(=O)c2nn(C)c3c2CN(c2ccc(C(=O)N(C)C)cc2)CC3)cc1. The van der Waals surface area contributed by atoms with Crippen LogP contribution in [-0.4, -0.2) is 60.1 Å². The minimum atomic E-state index is -0.231. The zero-order chi connectivity index (χ0) is 25.1. The first-order valence-corrected chi connectivity index (χ1v) is 11.5. The molecule has 0 spiro atoms. The normalized spacial score (nSPS) is 12.6. The maximum absolute atomic E-state index is 13.0. The van der Waals surface area contributed by atoms with E-state index in [9.17, 15) is 14.4 Å². The number of fused-ring (bicyclic) bond motifs is 1. The summed E-state index contributed by atoms with van der Waals surface area (Å²) in [7, 11) is 6.92. The minimum absolute atomic E-state index is 0.0352. The molecule has 0 saturated carbocycles. The van der Waals surface area contributed by atoms with Crippen LogP contribution in [0.2, 0.25) is 0 Å². The van der Waals surface area contributed by atoms with Crippen LogP contribution in [0, 0.1) is 0 Å². The van der Waals surface area contributed by atoms with E-state index in [4.69, 9.17) is 0 Å². The van der Waals surface area contributed by atoms with Crippen LogP contribution < -0.4 is 15.5 Å². The highest BCUT2D eigenvalue weighted by Crippen LogP contribution is 2.27. The zero-order valence-corrected chi connectivity index (χ0v) is 20.5. The number of hydrogen-bond donors (Lipinski definition) is 2. The average Bonchev–Trinajstić information content (AvgIpc) is 3.22. The third-order valence-electron chi connectivity index (χ3n) is 6.24. The Morgan fingerprint density at radius 3 is 2.26 bits per heavy atom. The number of nitrogens with zero attached hydrogens (tertiary/aromatic N) is 4. The van der Waals surface area contributed by atoms with Crippen LogP contribution in [0.25, 0.3) is 0 Å². The lowest BCUT2D eigenvalue weighted by Gasteiger charge is -2.29. The number of benzene rings is 2. The molecule has 2 aromatic carbocycles. The van der Waals surface area contributed by atoms with Crippen molar-refractivity contribution in [1.29, 1.82) is 0 Å². The predicted octanol–water partition coefficient (Wildman–Crippen LogP) is 1.97. The molecule has 2 N–H and O–H groups in total. The number of rotatable bonds is 6. The lowest BCUT2D eigenvalue weighted by molar-refractivity contribution is 0.0827. The highest BCUT2D eigenvalue weighted by atomic mass is 16.2. The molecule has 0 radical (unpaired) electrons. The van der Waals surface area contributed by atoms with Gasteiger partial charge in [0.15, 0.2) is 5.69 Å². The van der Waals surface area contributed by atoms with Gasteiger partial charge in [0.05, 0.1) is 0 Å². The number of aryl methyl sites for hydroxylation is 1. The second-order valence-corrected chi connectivity index (χ2v) is 8.77. The lowest BCUT2D eigenvalue weighted by atomic mass is 10.0. The molecule has 2 heterocycles. The quantitative estimate of drug-likeness (QED) is 0.569. The molecule has 0 aliphatic carbocycles. The summed E-state index contributed by atoms with van der Waals surface area (Å²) in [6.07, 6.45) is 0.769. The van der Waals surface area contributed by atoms with Gasteiger partial charge in [-0.1, -0.05) is 12.1 Å². The Hall–Kier alpha value is -4.14. The molecule has 0 unspecified atom stereocenters. The fraction of sp³-hybridized carbons (Fsp3) is 0.308. The number of hydrogen-bond acceptors (Lipinski definition) is 5. The molecule has 0 fully saturated rings. The number of amides is 3. The molecule has 1 aliphatic rings. The summed E-state index contributed by atoms with van der Waals surface area (Å²) < 4.78 is 1.79. The van der Waals surface area contributed by atoms with Gasteiger partial charge >= 0.3 is 0 Å². The Kier molecular flexibility index (Phi) is 6.86. The van der Waals surface area contributed by atoms with E-state index < -0.39 is 0 Å². The molecular formula is C26H30N6O3. The minimum Gasteiger partial charge on any atom is -0.367 e. The monoisotopic (exact) mass is 474 g/mol. The standard InChI is InChI=1S/C26H30N6O3/c1-27-24(33)18-7-5-17(6-8-18)15-28-25(34)23-21-16-32(14-13-22(21)31(4)29-23)20-11-9-19(10-12-20)26(35)30(2)3/h5-12H,13-16H2,1-4H3,(H,27,33)(H,28,34). The summed E-state index contributed by atoms with van der Waals surface area (Å²) in [6.45, 7) is 1.70. The fourth-order valence-corrected chi connectivity index (χ4v) is 4.25. The van der Waals surface area contributed by atoms with Crippen LogP contribution in [0.1, 0.15) is 48.0 Å². The van der Waals surface area contributed by atoms with E-state index in [2.05, 4.69) is 20.6 Å². The van der Waals surface area contributed by atoms with Crippen LogP contribution in [0.3, 0.4) is 0 Å². The second-order valence-electron chi connectivity index (χ2n) is 8.77. The van der Waals surface area contributed by atoms with Crippen LogP contribution in [0.15, 0.2) is 48.5 Å². The van der Waals surface area contributed by atoms with Crippen molar-refractivity contribution in [2.45, 2.75) is 19.5 Å². The van der Waals surface area contributed by atoms with Crippen molar-refractivity contribution in [2.75, 3.05) is 32.6 Å². The van der Waals surface area contributed by atoms with Gasteiger partial charge in [0.1, 0.15) is 0 Å². The van der Waals surface area contributed by atoms with Gasteiger partial charge < -0.3 is 20.4 Å². The van der Waals surface area contributed by atoms with Gasteiger partial charge in [0.25, 0.3) is 17.7 Å². The first-order chi connectivity index (χ1) is 16.8. The molecule has 0 saturated heterocycles. The summed E-state index contributed by atoms with van der Waals surface area (Å²) in [4.78, 5) is 40.7. The number of aromatic nitrogens is 2. The van der Waals surface area contributed by atoms with E-state index >= 15 is 0 Å². The summed E-state index contributed by atoms with van der Waals surface area (Å²) in [5.74, 6) is -0.415. The number of carbonyl (C=O) groups is 3. The van der Waals surface area contributed by atoms with Crippen LogP contribution in [0.4, 0.5) is 5.69 Å². The van der Waals surface area contributed by atoms with Crippen molar-refractivity contribution >= 4 is 23.4 Å². The lowest BCUT2D eigenvalue weighted by Crippen LogP contribution is -2.32. The van der Waals surface area contributed by atoms with Crippen LogP contribution in [-0.2, 0) is 26.6 Å². The summed E-state index contributed by atoms with van der Waals surface area (Å²) in [5, 5.41) is 10.1. The molecule has 9 nitrogen and oxygen atoms in total. The molecular weight excluding hydrogens is 444 g/mol. The van der Waals surface area contributed by atoms with Crippen molar-refractivity contribution in [3.05, 3.63) is 82.2 Å². The molecule has 0 bridgehead atoms. The Morgan fingerprint density at radius 1 is 0.971 bits per heavy atom. The summed E-state index contributed by atoms with van der Waals surface area (Å²) >= 11 is 0. The molecule has 182 valence electrons. The van der Waals surface area contributed by atoms with Gasteiger partial charge in [0.2, 0.25) is 0 Å². The summed E-state index contributed by atoms with van der Waals surface area (Å²) in [5.41, 5.74) is 5.50. The second kappa shape index (κ2) is 10.0. The van der Waals surface area contributed by atoms with E-state index in [0.717, 1.165) is 35.5 Å². The van der Waals surface area contributed by atoms with Crippen LogP contribution in [0.5, 0.6) is 0 Å². The molecule has 3 aromatic rings. The maximum atomic E-state index is 13.0. The van der Waals surface area contributed by atoms with E-state index in [1.165, 1.54) is 0 Å². The van der Waals surface area contributed by atoms with Gasteiger partial charge in [-0.2, -0.15) is 5.10 Å². The zero-order valence-electron chi connectivity index (χ0n) is 20.5. The van der Waals surface area contributed by atoms with Crippen molar-refractivity contribution in [2.24, 2.45) is 7.05 Å². The molecule has 0 atom stereocenters. The third kappa shape index (κ3) is 5.03. The van der Waals surface area contributed by atoms with Crippen molar-refractivity contribution in [1.82, 2.24) is 25.3 Å². The highest BCUT2D eigenvalue weighted by molar-refractivity contribution is 5.95.